The number of hydrogen-bond acceptors (Lipinski definition) is 4. The number of ether oxygens (including phenoxy) is 1. The molecular weight excluding hydrogens is 248 g/mol. The standard InChI is InChI=1S/C13H16N2O4/c1-8(16)10-5-4-6-11(7-10)19-9(2)12(17)15-13(18)14-3/h4-7,9H,1-3H3,(H2,14,15,17,18)/t9-/m0/s1. The van der Waals surface area contributed by atoms with E-state index < -0.39 is 18.0 Å². The number of ketones is 1. The molecule has 0 radical (unpaired) electrons. The molecule has 0 aliphatic rings. The van der Waals surface area contributed by atoms with Crippen LogP contribution in [0.15, 0.2) is 24.3 Å². The molecule has 6 heteroatoms. The highest BCUT2D eigenvalue weighted by molar-refractivity contribution is 5.96. The van der Waals surface area contributed by atoms with E-state index in [0.29, 0.717) is 11.3 Å². The van der Waals surface area contributed by atoms with Crippen molar-refractivity contribution in [2.75, 3.05) is 7.05 Å². The van der Waals surface area contributed by atoms with Crippen LogP contribution in [0.2, 0.25) is 0 Å². The highest BCUT2D eigenvalue weighted by Crippen LogP contribution is 2.15. The molecule has 0 fully saturated rings. The molecule has 0 aliphatic heterocycles. The first-order valence-corrected chi connectivity index (χ1v) is 5.74. The maximum absolute atomic E-state index is 11.6. The van der Waals surface area contributed by atoms with Crippen molar-refractivity contribution in [1.82, 2.24) is 10.6 Å². The molecule has 3 amide bonds. The molecule has 0 aliphatic carbocycles. The minimum Gasteiger partial charge on any atom is -0.481 e. The summed E-state index contributed by atoms with van der Waals surface area (Å²) in [4.78, 5) is 33.8. The third kappa shape index (κ3) is 4.42. The molecule has 2 N–H and O–H groups in total. The topological polar surface area (TPSA) is 84.5 Å². The van der Waals surface area contributed by atoms with Gasteiger partial charge in [-0.05, 0) is 26.0 Å². The molecule has 0 saturated carbocycles. The maximum atomic E-state index is 11.6. The van der Waals surface area contributed by atoms with Gasteiger partial charge >= 0.3 is 6.03 Å². The number of carbonyl (C=O) groups is 3. The summed E-state index contributed by atoms with van der Waals surface area (Å²) in [6, 6.07) is 5.90. The van der Waals surface area contributed by atoms with Crippen molar-refractivity contribution in [2.24, 2.45) is 0 Å². The van der Waals surface area contributed by atoms with Gasteiger partial charge in [0.2, 0.25) is 0 Å². The Bertz CT molecular complexity index is 499. The summed E-state index contributed by atoms with van der Waals surface area (Å²) in [7, 11) is 1.41. The molecule has 0 heterocycles. The lowest BCUT2D eigenvalue weighted by Gasteiger charge is -2.14. The monoisotopic (exact) mass is 264 g/mol. The number of hydrogen-bond donors (Lipinski definition) is 2. The van der Waals surface area contributed by atoms with E-state index in [-0.39, 0.29) is 5.78 Å². The zero-order valence-electron chi connectivity index (χ0n) is 11.0. The molecule has 102 valence electrons. The number of Topliss-reactive ketones (excluding diaryl/α,β-unsaturated/α-hetero) is 1. The Hall–Kier alpha value is -2.37. The van der Waals surface area contributed by atoms with Gasteiger partial charge in [0.1, 0.15) is 5.75 Å². The Morgan fingerprint density at radius 3 is 2.53 bits per heavy atom. The molecule has 19 heavy (non-hydrogen) atoms. The van der Waals surface area contributed by atoms with Crippen LogP contribution in [0.5, 0.6) is 5.75 Å². The summed E-state index contributed by atoms with van der Waals surface area (Å²) in [6.45, 7) is 2.96. The normalized spacial score (nSPS) is 11.3. The SMILES string of the molecule is CNC(=O)NC(=O)[C@H](C)Oc1cccc(C(C)=O)c1. The van der Waals surface area contributed by atoms with Crippen LogP contribution in [0.1, 0.15) is 24.2 Å². The number of urea groups is 1. The Labute approximate surface area is 111 Å². The van der Waals surface area contributed by atoms with Gasteiger partial charge in [0, 0.05) is 12.6 Å². The van der Waals surface area contributed by atoms with Crippen LogP contribution in [0.25, 0.3) is 0 Å². The van der Waals surface area contributed by atoms with E-state index in [9.17, 15) is 14.4 Å². The molecule has 0 aromatic heterocycles. The van der Waals surface area contributed by atoms with Crippen LogP contribution in [-0.2, 0) is 4.79 Å². The van der Waals surface area contributed by atoms with Crippen molar-refractivity contribution in [3.8, 4) is 5.75 Å². The third-order valence-corrected chi connectivity index (χ3v) is 2.39. The van der Waals surface area contributed by atoms with Crippen molar-refractivity contribution >= 4 is 17.7 Å². The zero-order chi connectivity index (χ0) is 14.4. The van der Waals surface area contributed by atoms with E-state index in [1.54, 1.807) is 24.3 Å². The van der Waals surface area contributed by atoms with Gasteiger partial charge < -0.3 is 10.1 Å². The van der Waals surface area contributed by atoms with E-state index in [0.717, 1.165) is 0 Å². The fourth-order valence-electron chi connectivity index (χ4n) is 1.32. The number of nitrogens with one attached hydrogen (secondary N) is 2. The summed E-state index contributed by atoms with van der Waals surface area (Å²) < 4.78 is 5.37. The summed E-state index contributed by atoms with van der Waals surface area (Å²) in [5, 5.41) is 4.37. The molecular formula is C13H16N2O4. The highest BCUT2D eigenvalue weighted by Gasteiger charge is 2.17. The lowest BCUT2D eigenvalue weighted by Crippen LogP contribution is -2.43. The molecule has 0 spiro atoms. The maximum Gasteiger partial charge on any atom is 0.321 e. The van der Waals surface area contributed by atoms with E-state index in [2.05, 4.69) is 10.6 Å². The fourth-order valence-corrected chi connectivity index (χ4v) is 1.32. The van der Waals surface area contributed by atoms with Crippen LogP contribution in [0.4, 0.5) is 4.79 Å². The van der Waals surface area contributed by atoms with Gasteiger partial charge in [0.15, 0.2) is 11.9 Å². The average Bonchev–Trinajstić information content (AvgIpc) is 2.38. The van der Waals surface area contributed by atoms with Gasteiger partial charge in [-0.15, -0.1) is 0 Å². The second-order valence-corrected chi connectivity index (χ2v) is 3.91. The molecule has 0 unspecified atom stereocenters. The van der Waals surface area contributed by atoms with Gasteiger partial charge in [-0.25, -0.2) is 4.79 Å². The Kier molecular flexibility index (Phi) is 5.05. The molecule has 0 saturated heterocycles. The second-order valence-electron chi connectivity index (χ2n) is 3.91. The predicted molar refractivity (Wildman–Crippen MR) is 69.1 cm³/mol. The van der Waals surface area contributed by atoms with Crippen molar-refractivity contribution in [3.05, 3.63) is 29.8 Å². The molecule has 1 atom stereocenters. The summed E-state index contributed by atoms with van der Waals surface area (Å²) >= 11 is 0. The van der Waals surface area contributed by atoms with Crippen LogP contribution in [0.3, 0.4) is 0 Å². The molecule has 6 nitrogen and oxygen atoms in total. The first-order chi connectivity index (χ1) is 8.93. The van der Waals surface area contributed by atoms with E-state index in [1.807, 2.05) is 0 Å². The first kappa shape index (κ1) is 14.7. The molecule has 1 rings (SSSR count). The van der Waals surface area contributed by atoms with Gasteiger partial charge in [-0.3, -0.25) is 14.9 Å². The minimum atomic E-state index is -0.848. The second kappa shape index (κ2) is 6.53. The Balaban J connectivity index is 2.68. The Morgan fingerprint density at radius 2 is 1.95 bits per heavy atom. The third-order valence-electron chi connectivity index (χ3n) is 2.39. The van der Waals surface area contributed by atoms with Crippen molar-refractivity contribution in [1.29, 1.82) is 0 Å². The van der Waals surface area contributed by atoms with Crippen LogP contribution in [-0.4, -0.2) is 30.9 Å². The van der Waals surface area contributed by atoms with Crippen LogP contribution in [0, 0.1) is 0 Å². The highest BCUT2D eigenvalue weighted by atomic mass is 16.5. The predicted octanol–water partition coefficient (Wildman–Crippen LogP) is 1.11. The first-order valence-electron chi connectivity index (χ1n) is 5.74. The fraction of sp³-hybridized carbons (Fsp3) is 0.308. The molecule has 1 aromatic rings. The molecule has 0 bridgehead atoms. The van der Waals surface area contributed by atoms with Crippen LogP contribution < -0.4 is 15.4 Å². The Morgan fingerprint density at radius 1 is 1.26 bits per heavy atom. The smallest absolute Gasteiger partial charge is 0.321 e. The number of carbonyl (C=O) groups excluding carboxylic acids is 3. The van der Waals surface area contributed by atoms with E-state index >= 15 is 0 Å². The lowest BCUT2D eigenvalue weighted by molar-refractivity contribution is -0.126. The van der Waals surface area contributed by atoms with Crippen molar-refractivity contribution in [2.45, 2.75) is 20.0 Å². The van der Waals surface area contributed by atoms with Crippen molar-refractivity contribution in [3.63, 3.8) is 0 Å². The summed E-state index contributed by atoms with van der Waals surface area (Å²) in [5.41, 5.74) is 0.497. The average molecular weight is 264 g/mol. The van der Waals surface area contributed by atoms with Gasteiger partial charge in [-0.1, -0.05) is 12.1 Å². The van der Waals surface area contributed by atoms with E-state index in [1.165, 1.54) is 20.9 Å². The lowest BCUT2D eigenvalue weighted by atomic mass is 10.1. The van der Waals surface area contributed by atoms with E-state index in [4.69, 9.17) is 4.74 Å². The van der Waals surface area contributed by atoms with Crippen LogP contribution >= 0.6 is 0 Å². The number of benzene rings is 1. The zero-order valence-corrected chi connectivity index (χ0v) is 11.0. The van der Waals surface area contributed by atoms with Gasteiger partial charge in [0.05, 0.1) is 0 Å². The minimum absolute atomic E-state index is 0.0899. The quantitative estimate of drug-likeness (QED) is 0.798. The van der Waals surface area contributed by atoms with Gasteiger partial charge in [0.25, 0.3) is 5.91 Å². The molecule has 1 aromatic carbocycles. The van der Waals surface area contributed by atoms with Crippen molar-refractivity contribution < 1.29 is 19.1 Å². The number of amides is 3. The summed E-state index contributed by atoms with van der Waals surface area (Å²) in [5.74, 6) is -0.257. The largest absolute Gasteiger partial charge is 0.481 e. The number of imide groups is 1. The number of rotatable bonds is 4. The summed E-state index contributed by atoms with van der Waals surface area (Å²) in [6.07, 6.45) is -0.848. The van der Waals surface area contributed by atoms with Gasteiger partial charge in [-0.2, -0.15) is 0 Å².